The molecule has 2 aromatic carbocycles. The highest BCUT2D eigenvalue weighted by Gasteiger charge is 2.38. The van der Waals surface area contributed by atoms with Gasteiger partial charge in [-0.3, -0.25) is 4.79 Å². The maximum Gasteiger partial charge on any atom is 0.244 e. The Kier molecular flexibility index (Phi) is 6.11. The lowest BCUT2D eigenvalue weighted by atomic mass is 9.95. The number of amides is 1. The van der Waals surface area contributed by atoms with E-state index in [1.807, 2.05) is 20.8 Å². The van der Waals surface area contributed by atoms with Gasteiger partial charge in [-0.15, -0.1) is 0 Å². The molecule has 1 atom stereocenters. The van der Waals surface area contributed by atoms with Crippen molar-refractivity contribution in [1.29, 1.82) is 0 Å². The van der Waals surface area contributed by atoms with Gasteiger partial charge in [0.1, 0.15) is 6.04 Å². The van der Waals surface area contributed by atoms with Crippen molar-refractivity contribution in [2.75, 3.05) is 6.54 Å². The lowest BCUT2D eigenvalue weighted by Crippen LogP contribution is -2.45. The number of halogens is 1. The average Bonchev–Trinajstić information content (AvgIpc) is 2.54. The number of primary amides is 1. The van der Waals surface area contributed by atoms with Crippen molar-refractivity contribution in [2.24, 2.45) is 11.1 Å². The van der Waals surface area contributed by atoms with E-state index in [0.717, 1.165) is 0 Å². The van der Waals surface area contributed by atoms with E-state index in [1.165, 1.54) is 28.6 Å². The summed E-state index contributed by atoms with van der Waals surface area (Å²) in [5.41, 5.74) is 5.76. The highest BCUT2D eigenvalue weighted by molar-refractivity contribution is 7.89. The first-order valence-electron chi connectivity index (χ1n) is 8.14. The van der Waals surface area contributed by atoms with Crippen LogP contribution in [0.25, 0.3) is 0 Å². The molecule has 0 aliphatic heterocycles. The molecule has 1 unspecified atom stereocenters. The molecule has 0 saturated carbocycles. The fourth-order valence-corrected chi connectivity index (χ4v) is 4.57. The van der Waals surface area contributed by atoms with Crippen molar-refractivity contribution in [3.05, 3.63) is 65.2 Å². The van der Waals surface area contributed by atoms with Crippen LogP contribution in [0, 0.1) is 5.41 Å². The molecule has 2 rings (SSSR count). The summed E-state index contributed by atoms with van der Waals surface area (Å²) in [6.45, 7) is 5.84. The van der Waals surface area contributed by atoms with E-state index in [9.17, 15) is 13.2 Å². The third-order valence-electron chi connectivity index (χ3n) is 3.72. The first kappa shape index (κ1) is 20.4. The zero-order valence-corrected chi connectivity index (χ0v) is 16.6. The molecule has 7 heteroatoms. The van der Waals surface area contributed by atoms with Crippen molar-refractivity contribution < 1.29 is 13.2 Å². The lowest BCUT2D eigenvalue weighted by molar-refractivity contribution is -0.122. The number of carbonyl (C=O) groups is 1. The highest BCUT2D eigenvalue weighted by atomic mass is 35.5. The van der Waals surface area contributed by atoms with Crippen LogP contribution in [-0.2, 0) is 14.8 Å². The minimum absolute atomic E-state index is 0.0633. The minimum Gasteiger partial charge on any atom is -0.368 e. The van der Waals surface area contributed by atoms with Crippen LogP contribution in [0.3, 0.4) is 0 Å². The fraction of sp³-hybridized carbons (Fsp3) is 0.316. The number of hydrogen-bond donors (Lipinski definition) is 1. The summed E-state index contributed by atoms with van der Waals surface area (Å²) in [6, 6.07) is 13.4. The minimum atomic E-state index is -3.97. The molecule has 0 aromatic heterocycles. The van der Waals surface area contributed by atoms with E-state index >= 15 is 0 Å². The van der Waals surface area contributed by atoms with Gasteiger partial charge in [0.15, 0.2) is 0 Å². The molecule has 0 radical (unpaired) electrons. The molecule has 2 aromatic rings. The predicted molar refractivity (Wildman–Crippen MR) is 103 cm³/mol. The Morgan fingerprint density at radius 1 is 1.08 bits per heavy atom. The number of benzene rings is 2. The van der Waals surface area contributed by atoms with Crippen LogP contribution in [0.2, 0.25) is 5.02 Å². The summed E-state index contributed by atoms with van der Waals surface area (Å²) in [5, 5.41) is 0.431. The van der Waals surface area contributed by atoms with Gasteiger partial charge < -0.3 is 5.73 Å². The number of carbonyl (C=O) groups excluding carboxylic acids is 1. The first-order chi connectivity index (χ1) is 12.0. The molecule has 26 heavy (non-hydrogen) atoms. The van der Waals surface area contributed by atoms with Crippen molar-refractivity contribution in [2.45, 2.75) is 31.7 Å². The van der Waals surface area contributed by atoms with E-state index in [1.54, 1.807) is 30.3 Å². The standard InChI is InChI=1S/C19H23ClN2O3S/c1-19(2,3)13-22(17(18(21)23)14-7-5-4-6-8-14)26(24,25)16-11-9-15(20)10-12-16/h4-12,17H,13H2,1-3H3,(H2,21,23). The SMILES string of the molecule is CC(C)(C)CN(C(C(N)=O)c1ccccc1)S(=O)(=O)c1ccc(Cl)cc1. The van der Waals surface area contributed by atoms with Crippen molar-refractivity contribution >= 4 is 27.5 Å². The summed E-state index contributed by atoms with van der Waals surface area (Å²) in [7, 11) is -3.97. The van der Waals surface area contributed by atoms with Gasteiger partial charge in [0.2, 0.25) is 15.9 Å². The van der Waals surface area contributed by atoms with Gasteiger partial charge in [0, 0.05) is 11.6 Å². The largest absolute Gasteiger partial charge is 0.368 e. The Labute approximate surface area is 159 Å². The molecule has 2 N–H and O–H groups in total. The predicted octanol–water partition coefficient (Wildman–Crippen LogP) is 3.60. The van der Waals surface area contributed by atoms with E-state index < -0.39 is 22.0 Å². The fourth-order valence-electron chi connectivity index (χ4n) is 2.63. The van der Waals surface area contributed by atoms with Crippen LogP contribution in [0.1, 0.15) is 32.4 Å². The second kappa shape index (κ2) is 7.78. The second-order valence-electron chi connectivity index (χ2n) is 7.28. The van der Waals surface area contributed by atoms with Gasteiger partial charge in [0.05, 0.1) is 4.90 Å². The third-order valence-corrected chi connectivity index (χ3v) is 5.80. The van der Waals surface area contributed by atoms with Crippen LogP contribution >= 0.6 is 11.6 Å². The molecule has 0 spiro atoms. The second-order valence-corrected chi connectivity index (χ2v) is 9.61. The van der Waals surface area contributed by atoms with Gasteiger partial charge >= 0.3 is 0 Å². The number of hydrogen-bond acceptors (Lipinski definition) is 3. The molecule has 0 heterocycles. The summed E-state index contributed by atoms with van der Waals surface area (Å²) in [6.07, 6.45) is 0. The highest BCUT2D eigenvalue weighted by Crippen LogP contribution is 2.32. The van der Waals surface area contributed by atoms with Gasteiger partial charge in [-0.1, -0.05) is 62.7 Å². The quantitative estimate of drug-likeness (QED) is 0.812. The van der Waals surface area contributed by atoms with E-state index in [4.69, 9.17) is 17.3 Å². The smallest absolute Gasteiger partial charge is 0.244 e. The van der Waals surface area contributed by atoms with Gasteiger partial charge in [-0.2, -0.15) is 4.31 Å². The zero-order valence-electron chi connectivity index (χ0n) is 15.0. The lowest BCUT2D eigenvalue weighted by Gasteiger charge is -2.34. The Balaban J connectivity index is 2.61. The number of rotatable bonds is 6. The third kappa shape index (κ3) is 4.84. The van der Waals surface area contributed by atoms with E-state index in [0.29, 0.717) is 10.6 Å². The maximum atomic E-state index is 13.3. The van der Waals surface area contributed by atoms with Crippen LogP contribution < -0.4 is 5.73 Å². The van der Waals surface area contributed by atoms with Gasteiger partial charge in [-0.05, 0) is 35.2 Å². The Hall–Kier alpha value is -1.89. The summed E-state index contributed by atoms with van der Waals surface area (Å²) < 4.78 is 27.8. The Bertz CT molecular complexity index is 860. The molecule has 1 amide bonds. The number of nitrogens with two attached hydrogens (primary N) is 1. The molecule has 5 nitrogen and oxygen atoms in total. The molecule has 0 fully saturated rings. The molecular weight excluding hydrogens is 372 g/mol. The van der Waals surface area contributed by atoms with Crippen molar-refractivity contribution in [3.63, 3.8) is 0 Å². The summed E-state index contributed by atoms with van der Waals surface area (Å²) in [5.74, 6) is -0.724. The molecule has 140 valence electrons. The summed E-state index contributed by atoms with van der Waals surface area (Å²) in [4.78, 5) is 12.3. The Morgan fingerprint density at radius 2 is 1.62 bits per heavy atom. The van der Waals surface area contributed by atoms with E-state index in [2.05, 4.69) is 0 Å². The van der Waals surface area contributed by atoms with Gasteiger partial charge in [-0.25, -0.2) is 8.42 Å². The van der Waals surface area contributed by atoms with Crippen LogP contribution in [-0.4, -0.2) is 25.2 Å². The average molecular weight is 395 g/mol. The van der Waals surface area contributed by atoms with Crippen LogP contribution in [0.15, 0.2) is 59.5 Å². The van der Waals surface area contributed by atoms with E-state index in [-0.39, 0.29) is 16.9 Å². The normalized spacial score (nSPS) is 13.6. The van der Waals surface area contributed by atoms with Gasteiger partial charge in [0.25, 0.3) is 0 Å². The molecule has 0 aliphatic carbocycles. The topological polar surface area (TPSA) is 80.5 Å². The van der Waals surface area contributed by atoms with Crippen LogP contribution in [0.5, 0.6) is 0 Å². The Morgan fingerprint density at radius 3 is 2.08 bits per heavy atom. The van der Waals surface area contributed by atoms with Crippen LogP contribution in [0.4, 0.5) is 0 Å². The molecular formula is C19H23ClN2O3S. The van der Waals surface area contributed by atoms with Crippen molar-refractivity contribution in [1.82, 2.24) is 4.31 Å². The monoisotopic (exact) mass is 394 g/mol. The molecule has 0 saturated heterocycles. The van der Waals surface area contributed by atoms with Crippen molar-refractivity contribution in [3.8, 4) is 0 Å². The zero-order chi connectivity index (χ0) is 19.5. The molecule has 0 aliphatic rings. The number of nitrogens with zero attached hydrogens (tertiary/aromatic N) is 1. The molecule has 0 bridgehead atoms. The summed E-state index contributed by atoms with van der Waals surface area (Å²) >= 11 is 5.87. The first-order valence-corrected chi connectivity index (χ1v) is 9.96. The number of sulfonamides is 1. The maximum absolute atomic E-state index is 13.3.